The largest absolute Gasteiger partial charge is 0.456 e. The molecule has 306 valence electrons. The highest BCUT2D eigenvalue weighted by atomic mass is 32.2. The first-order valence-corrected chi connectivity index (χ1v) is 24.3. The maximum atomic E-state index is 7.17. The van der Waals surface area contributed by atoms with Crippen LogP contribution in [0.4, 0.5) is 34.1 Å². The van der Waals surface area contributed by atoms with E-state index in [1.807, 2.05) is 34.4 Å². The molecule has 0 atom stereocenters. The summed E-state index contributed by atoms with van der Waals surface area (Å²) in [7, 11) is 0. The van der Waals surface area contributed by atoms with Crippen LogP contribution in [-0.2, 0) is 0 Å². The van der Waals surface area contributed by atoms with Crippen molar-refractivity contribution in [3.8, 4) is 11.5 Å². The Hall–Kier alpha value is -6.83. The van der Waals surface area contributed by atoms with Crippen molar-refractivity contribution in [1.29, 1.82) is 0 Å². The maximum Gasteiger partial charge on any atom is 0.138 e. The fraction of sp³-hybridized carbons (Fsp3) is 0.0690. The van der Waals surface area contributed by atoms with Crippen LogP contribution in [0.1, 0.15) is 19.4 Å². The van der Waals surface area contributed by atoms with Crippen molar-refractivity contribution in [1.82, 2.24) is 0 Å². The van der Waals surface area contributed by atoms with Crippen molar-refractivity contribution in [2.24, 2.45) is 0 Å². The number of hydrogen-bond acceptors (Lipinski definition) is 6. The second-order valence-corrected chi connectivity index (χ2v) is 20.8. The van der Waals surface area contributed by atoms with Gasteiger partial charge in [0.15, 0.2) is 0 Å². The monoisotopic (exact) mass is 876 g/mol. The maximum absolute atomic E-state index is 7.17. The van der Waals surface area contributed by atoms with E-state index in [2.05, 4.69) is 213 Å². The Kier molecular flexibility index (Phi) is 8.61. The van der Waals surface area contributed by atoms with E-state index in [0.29, 0.717) is 5.25 Å². The molecule has 3 nitrogen and oxygen atoms in total. The third kappa shape index (κ3) is 5.86. The second kappa shape index (κ2) is 14.6. The van der Waals surface area contributed by atoms with Gasteiger partial charge in [-0.2, -0.15) is 0 Å². The lowest BCUT2D eigenvalue weighted by atomic mass is 9.91. The van der Waals surface area contributed by atoms with Crippen LogP contribution >= 0.6 is 34.4 Å². The van der Waals surface area contributed by atoms with Crippen LogP contribution < -0.4 is 14.5 Å². The van der Waals surface area contributed by atoms with Crippen LogP contribution in [-0.4, -0.2) is 5.25 Å². The topological polar surface area (TPSA) is 15.7 Å². The lowest BCUT2D eigenvalue weighted by Gasteiger charge is -2.30. The molecule has 0 amide bonds. The number of thiophene rings is 2. The van der Waals surface area contributed by atoms with E-state index in [0.717, 1.165) is 61.5 Å². The van der Waals surface area contributed by atoms with Crippen LogP contribution in [0, 0.1) is 6.92 Å². The van der Waals surface area contributed by atoms with E-state index in [-0.39, 0.29) is 0 Å². The number of ether oxygens (including phenoxy) is 1. The van der Waals surface area contributed by atoms with Crippen LogP contribution in [0.3, 0.4) is 0 Å². The number of benzene rings is 10. The fourth-order valence-electron chi connectivity index (χ4n) is 9.94. The molecular weight excluding hydrogens is 837 g/mol. The van der Waals surface area contributed by atoms with Crippen molar-refractivity contribution in [2.45, 2.75) is 30.9 Å². The molecule has 0 saturated heterocycles. The van der Waals surface area contributed by atoms with Gasteiger partial charge in [0.2, 0.25) is 0 Å². The molecule has 0 radical (unpaired) electrons. The van der Waals surface area contributed by atoms with Crippen molar-refractivity contribution >= 4 is 141 Å². The molecule has 12 aromatic rings. The van der Waals surface area contributed by atoms with Crippen LogP contribution in [0.2, 0.25) is 0 Å². The Balaban J connectivity index is 1.04. The first-order chi connectivity index (χ1) is 31.4. The summed E-state index contributed by atoms with van der Waals surface area (Å²) in [6, 6.07) is 67.2. The van der Waals surface area contributed by atoms with E-state index in [9.17, 15) is 0 Å². The Morgan fingerprint density at radius 2 is 1.00 bits per heavy atom. The molecule has 3 heterocycles. The Morgan fingerprint density at radius 3 is 1.67 bits per heavy atom. The lowest BCUT2D eigenvalue weighted by molar-refractivity contribution is 0.493. The molecule has 0 aliphatic carbocycles. The predicted molar refractivity (Wildman–Crippen MR) is 280 cm³/mol. The molecule has 0 spiro atoms. The van der Waals surface area contributed by atoms with E-state index in [4.69, 9.17) is 4.74 Å². The quantitative estimate of drug-likeness (QED) is 0.112. The van der Waals surface area contributed by atoms with Gasteiger partial charge in [-0.25, -0.2) is 0 Å². The zero-order valence-electron chi connectivity index (χ0n) is 35.4. The minimum Gasteiger partial charge on any atom is -0.456 e. The molecular formula is C58H40N2OS3. The van der Waals surface area contributed by atoms with Crippen molar-refractivity contribution in [2.75, 3.05) is 9.80 Å². The average Bonchev–Trinajstić information content (AvgIpc) is 3.90. The van der Waals surface area contributed by atoms with Gasteiger partial charge in [-0.15, -0.1) is 34.4 Å². The first kappa shape index (κ1) is 37.7. The number of aryl methyl sites for hydroxylation is 1. The highest BCUT2D eigenvalue weighted by Crippen LogP contribution is 2.55. The number of thioether (sulfide) groups is 1. The molecule has 0 N–H and O–H groups in total. The minimum absolute atomic E-state index is 0.502. The summed E-state index contributed by atoms with van der Waals surface area (Å²) in [4.78, 5) is 6.16. The van der Waals surface area contributed by atoms with E-state index < -0.39 is 0 Å². The van der Waals surface area contributed by atoms with Gasteiger partial charge in [-0.3, -0.25) is 0 Å². The molecule has 1 aliphatic heterocycles. The van der Waals surface area contributed by atoms with Gasteiger partial charge in [-0.05, 0) is 96.6 Å². The molecule has 0 saturated carbocycles. The summed E-state index contributed by atoms with van der Waals surface area (Å²) in [6.45, 7) is 6.65. The third-order valence-electron chi connectivity index (χ3n) is 12.7. The van der Waals surface area contributed by atoms with Crippen molar-refractivity contribution in [3.63, 3.8) is 0 Å². The molecule has 1 aliphatic rings. The number of anilines is 6. The zero-order valence-corrected chi connectivity index (χ0v) is 37.9. The van der Waals surface area contributed by atoms with Gasteiger partial charge in [0.1, 0.15) is 11.5 Å². The number of nitrogens with zero attached hydrogens (tertiary/aromatic N) is 2. The number of fused-ring (bicyclic) bond motifs is 6. The molecule has 64 heavy (non-hydrogen) atoms. The molecule has 0 fully saturated rings. The van der Waals surface area contributed by atoms with Crippen molar-refractivity contribution in [3.05, 3.63) is 188 Å². The van der Waals surface area contributed by atoms with Gasteiger partial charge in [-0.1, -0.05) is 116 Å². The average molecular weight is 877 g/mol. The van der Waals surface area contributed by atoms with E-state index in [1.165, 1.54) is 67.3 Å². The number of hydrogen-bond donors (Lipinski definition) is 0. The van der Waals surface area contributed by atoms with Crippen molar-refractivity contribution < 1.29 is 4.74 Å². The SMILES string of the molecule is Cc1ccc(N(c2cc3ccc4cc(N(c5ccc(SC(C)C)cc5)c5cccc6c5sc5ccccc56)cc5c4c3c3c(cccc23)O5)c2cccc3c2sc2ccccc23)cc1. The van der Waals surface area contributed by atoms with E-state index >= 15 is 0 Å². The molecule has 10 aromatic carbocycles. The Morgan fingerprint density at radius 1 is 0.438 bits per heavy atom. The second-order valence-electron chi connectivity index (χ2n) is 17.1. The van der Waals surface area contributed by atoms with Crippen LogP contribution in [0.5, 0.6) is 11.5 Å². The lowest BCUT2D eigenvalue weighted by Crippen LogP contribution is -2.12. The van der Waals surface area contributed by atoms with Crippen LogP contribution in [0.15, 0.2) is 187 Å². The smallest absolute Gasteiger partial charge is 0.138 e. The zero-order chi connectivity index (χ0) is 42.6. The molecule has 0 bridgehead atoms. The minimum atomic E-state index is 0.502. The summed E-state index contributed by atoms with van der Waals surface area (Å²) < 4.78 is 12.3. The first-order valence-electron chi connectivity index (χ1n) is 21.8. The summed E-state index contributed by atoms with van der Waals surface area (Å²) in [5.41, 5.74) is 7.98. The third-order valence-corrected chi connectivity index (χ3v) is 16.1. The normalized spacial score (nSPS) is 12.3. The summed E-state index contributed by atoms with van der Waals surface area (Å²) in [5.74, 6) is 1.75. The summed E-state index contributed by atoms with van der Waals surface area (Å²) >= 11 is 5.62. The van der Waals surface area contributed by atoms with E-state index in [1.54, 1.807) is 0 Å². The fourth-order valence-corrected chi connectivity index (χ4v) is 13.2. The Bertz CT molecular complexity index is 3850. The molecule has 2 aromatic heterocycles. The summed E-state index contributed by atoms with van der Waals surface area (Å²) in [6.07, 6.45) is 0. The standard InChI is InChI=1S/C58H40N2OS3/c1-34(2)62-41-29-27-38(28-30-41)59(47-16-8-13-44-42-11-4-6-19-52(42)63-57(44)47)40-31-36-23-24-37-32-49(46-15-10-18-50-56(46)55(37)54(36)51(33-40)61-50)60(39-25-21-35(3)22-26-39)48-17-9-14-45-43-12-5-7-20-53(43)64-58(45)48/h4-34H,1-3H3. The highest BCUT2D eigenvalue weighted by molar-refractivity contribution is 7.99. The number of rotatable bonds is 8. The van der Waals surface area contributed by atoms with Crippen LogP contribution in [0.25, 0.3) is 72.7 Å². The van der Waals surface area contributed by atoms with Gasteiger partial charge >= 0.3 is 0 Å². The predicted octanol–water partition coefficient (Wildman–Crippen LogP) is 18.7. The highest BCUT2D eigenvalue weighted by Gasteiger charge is 2.28. The van der Waals surface area contributed by atoms with Gasteiger partial charge in [0.05, 0.1) is 32.1 Å². The molecule has 13 rings (SSSR count). The van der Waals surface area contributed by atoms with Gasteiger partial charge < -0.3 is 14.5 Å². The Labute approximate surface area is 383 Å². The van der Waals surface area contributed by atoms with Gasteiger partial charge in [0.25, 0.3) is 0 Å². The molecule has 6 heteroatoms. The molecule has 0 unspecified atom stereocenters. The van der Waals surface area contributed by atoms with Gasteiger partial charge in [0, 0.05) is 80.1 Å². The summed E-state index contributed by atoms with van der Waals surface area (Å²) in [5, 5.41) is 12.6.